The molecule has 0 saturated carbocycles. The molecule has 1 saturated heterocycles. The number of methoxy groups -OCH3 is 1. The van der Waals surface area contributed by atoms with E-state index in [1.165, 1.54) is 15.4 Å². The van der Waals surface area contributed by atoms with Crippen molar-refractivity contribution in [3.63, 3.8) is 0 Å². The first-order valence-corrected chi connectivity index (χ1v) is 11.9. The van der Waals surface area contributed by atoms with Crippen LogP contribution in [0.5, 0.6) is 5.75 Å². The van der Waals surface area contributed by atoms with E-state index in [0.29, 0.717) is 31.7 Å². The second kappa shape index (κ2) is 8.40. The van der Waals surface area contributed by atoms with Crippen molar-refractivity contribution in [2.24, 2.45) is 5.92 Å². The molecular formula is C23H28N2O4S. The number of ether oxygens (including phenoxy) is 1. The van der Waals surface area contributed by atoms with Crippen LogP contribution in [0.3, 0.4) is 0 Å². The summed E-state index contributed by atoms with van der Waals surface area (Å²) in [6.45, 7) is 3.53. The average molecular weight is 429 g/mol. The highest BCUT2D eigenvalue weighted by atomic mass is 32.2. The molecule has 0 N–H and O–H groups in total. The minimum absolute atomic E-state index is 0.126. The number of anilines is 1. The third-order valence-corrected chi connectivity index (χ3v) is 8.03. The van der Waals surface area contributed by atoms with Gasteiger partial charge in [0.05, 0.1) is 12.0 Å². The number of benzene rings is 2. The van der Waals surface area contributed by atoms with Crippen LogP contribution in [0.2, 0.25) is 0 Å². The predicted octanol–water partition coefficient (Wildman–Crippen LogP) is 3.38. The fourth-order valence-corrected chi connectivity index (χ4v) is 5.88. The van der Waals surface area contributed by atoms with Crippen molar-refractivity contribution >= 4 is 21.6 Å². The monoisotopic (exact) mass is 428 g/mol. The molecule has 2 aliphatic rings. The van der Waals surface area contributed by atoms with Crippen molar-refractivity contribution in [1.82, 2.24) is 4.31 Å². The second-order valence-corrected chi connectivity index (χ2v) is 10.0. The summed E-state index contributed by atoms with van der Waals surface area (Å²) in [5, 5.41) is 0. The summed E-state index contributed by atoms with van der Waals surface area (Å²) in [5.41, 5.74) is 3.46. The maximum atomic E-state index is 13.2. The Labute approximate surface area is 178 Å². The minimum atomic E-state index is -3.56. The predicted molar refractivity (Wildman–Crippen MR) is 116 cm³/mol. The van der Waals surface area contributed by atoms with Crippen LogP contribution in [0.1, 0.15) is 30.4 Å². The summed E-state index contributed by atoms with van der Waals surface area (Å²) >= 11 is 0. The molecular weight excluding hydrogens is 400 g/mol. The van der Waals surface area contributed by atoms with Crippen LogP contribution in [-0.2, 0) is 21.2 Å². The lowest BCUT2D eigenvalue weighted by molar-refractivity contribution is -0.123. The number of sulfonamides is 1. The normalized spacial score (nSPS) is 18.1. The molecule has 6 nitrogen and oxygen atoms in total. The molecule has 30 heavy (non-hydrogen) atoms. The van der Waals surface area contributed by atoms with Crippen molar-refractivity contribution in [3.05, 3.63) is 53.6 Å². The number of aryl methyl sites for hydroxylation is 2. The lowest BCUT2D eigenvalue weighted by Crippen LogP contribution is -2.45. The van der Waals surface area contributed by atoms with Crippen LogP contribution in [0.4, 0.5) is 5.69 Å². The lowest BCUT2D eigenvalue weighted by atomic mass is 9.93. The van der Waals surface area contributed by atoms with E-state index in [1.807, 2.05) is 11.0 Å². The van der Waals surface area contributed by atoms with Gasteiger partial charge in [0, 0.05) is 31.2 Å². The number of hydrogen-bond acceptors (Lipinski definition) is 4. The van der Waals surface area contributed by atoms with Crippen molar-refractivity contribution < 1.29 is 17.9 Å². The van der Waals surface area contributed by atoms with Gasteiger partial charge in [-0.1, -0.05) is 17.7 Å². The lowest BCUT2D eigenvalue weighted by Gasteiger charge is -2.36. The van der Waals surface area contributed by atoms with Gasteiger partial charge in [0.2, 0.25) is 15.9 Å². The topological polar surface area (TPSA) is 66.9 Å². The second-order valence-electron chi connectivity index (χ2n) is 8.08. The first kappa shape index (κ1) is 20.9. The van der Waals surface area contributed by atoms with E-state index in [-0.39, 0.29) is 16.7 Å². The molecule has 160 valence electrons. The maximum Gasteiger partial charge on any atom is 0.243 e. The molecule has 0 bridgehead atoms. The zero-order chi connectivity index (χ0) is 21.3. The van der Waals surface area contributed by atoms with Gasteiger partial charge in [0.25, 0.3) is 0 Å². The fourth-order valence-electron chi connectivity index (χ4n) is 4.42. The van der Waals surface area contributed by atoms with Gasteiger partial charge >= 0.3 is 0 Å². The number of carbonyl (C=O) groups is 1. The largest absolute Gasteiger partial charge is 0.497 e. The number of rotatable bonds is 4. The Hall–Kier alpha value is -2.38. The summed E-state index contributed by atoms with van der Waals surface area (Å²) in [5.74, 6) is 0.608. The van der Waals surface area contributed by atoms with E-state index in [0.717, 1.165) is 25.1 Å². The number of amides is 1. The highest BCUT2D eigenvalue weighted by Gasteiger charge is 2.35. The number of piperidine rings is 1. The summed E-state index contributed by atoms with van der Waals surface area (Å²) in [6, 6.07) is 12.7. The summed E-state index contributed by atoms with van der Waals surface area (Å²) < 4.78 is 32.5. The molecule has 2 aromatic carbocycles. The zero-order valence-corrected chi connectivity index (χ0v) is 18.3. The van der Waals surface area contributed by atoms with Gasteiger partial charge in [-0.3, -0.25) is 4.79 Å². The Morgan fingerprint density at radius 2 is 1.73 bits per heavy atom. The Balaban J connectivity index is 1.44. The first-order chi connectivity index (χ1) is 14.4. The molecule has 1 amide bonds. The number of carbonyl (C=O) groups excluding carboxylic acids is 1. The van der Waals surface area contributed by atoms with Crippen LogP contribution in [0, 0.1) is 12.8 Å². The molecule has 2 heterocycles. The van der Waals surface area contributed by atoms with E-state index < -0.39 is 10.0 Å². The van der Waals surface area contributed by atoms with Crippen molar-refractivity contribution in [2.45, 2.75) is 37.5 Å². The molecule has 0 atom stereocenters. The van der Waals surface area contributed by atoms with Crippen LogP contribution in [-0.4, -0.2) is 45.4 Å². The Kier molecular flexibility index (Phi) is 5.84. The van der Waals surface area contributed by atoms with E-state index in [9.17, 15) is 13.2 Å². The molecule has 1 fully saturated rings. The molecule has 0 aromatic heterocycles. The van der Waals surface area contributed by atoms with Crippen LogP contribution in [0.15, 0.2) is 47.4 Å². The van der Waals surface area contributed by atoms with Crippen LogP contribution < -0.4 is 9.64 Å². The zero-order valence-electron chi connectivity index (χ0n) is 17.5. The smallest absolute Gasteiger partial charge is 0.243 e. The van der Waals surface area contributed by atoms with E-state index in [4.69, 9.17) is 4.74 Å². The van der Waals surface area contributed by atoms with Gasteiger partial charge in [0.15, 0.2) is 0 Å². The van der Waals surface area contributed by atoms with Gasteiger partial charge in [-0.05, 0) is 68.5 Å². The molecule has 0 unspecified atom stereocenters. The van der Waals surface area contributed by atoms with Crippen molar-refractivity contribution in [3.8, 4) is 5.75 Å². The molecule has 0 radical (unpaired) electrons. The highest BCUT2D eigenvalue weighted by Crippen LogP contribution is 2.32. The van der Waals surface area contributed by atoms with Gasteiger partial charge in [-0.2, -0.15) is 4.31 Å². The van der Waals surface area contributed by atoms with E-state index in [1.54, 1.807) is 31.4 Å². The van der Waals surface area contributed by atoms with E-state index in [2.05, 4.69) is 19.1 Å². The van der Waals surface area contributed by atoms with Crippen molar-refractivity contribution in [2.75, 3.05) is 31.6 Å². The minimum Gasteiger partial charge on any atom is -0.497 e. The van der Waals surface area contributed by atoms with Gasteiger partial charge in [-0.25, -0.2) is 8.42 Å². The number of nitrogens with zero attached hydrogens (tertiary/aromatic N) is 2. The van der Waals surface area contributed by atoms with Gasteiger partial charge in [-0.15, -0.1) is 0 Å². The third kappa shape index (κ3) is 3.96. The summed E-state index contributed by atoms with van der Waals surface area (Å²) in [7, 11) is -2.01. The van der Waals surface area contributed by atoms with Gasteiger partial charge in [0.1, 0.15) is 5.75 Å². The first-order valence-electron chi connectivity index (χ1n) is 10.5. The molecule has 0 spiro atoms. The van der Waals surface area contributed by atoms with Crippen molar-refractivity contribution in [1.29, 1.82) is 0 Å². The SMILES string of the molecule is COc1ccc(S(=O)(=O)N2CCC(C(=O)N3CCCc4cc(C)ccc43)CC2)cc1. The average Bonchev–Trinajstić information content (AvgIpc) is 2.78. The van der Waals surface area contributed by atoms with Crippen LogP contribution >= 0.6 is 0 Å². The summed E-state index contributed by atoms with van der Waals surface area (Å²) in [6.07, 6.45) is 3.06. The fraction of sp³-hybridized carbons (Fsp3) is 0.435. The van der Waals surface area contributed by atoms with Crippen LogP contribution in [0.25, 0.3) is 0 Å². The standard InChI is InChI=1S/C23H28N2O4S/c1-17-5-10-22-19(16-17)4-3-13-25(22)23(26)18-11-14-24(15-12-18)30(27,28)21-8-6-20(29-2)7-9-21/h5-10,16,18H,3-4,11-15H2,1-2H3. The molecule has 4 rings (SSSR count). The molecule has 2 aliphatic heterocycles. The Bertz CT molecular complexity index is 1030. The maximum absolute atomic E-state index is 13.2. The third-order valence-electron chi connectivity index (χ3n) is 6.12. The number of fused-ring (bicyclic) bond motifs is 1. The van der Waals surface area contributed by atoms with E-state index >= 15 is 0 Å². The Morgan fingerprint density at radius 1 is 1.03 bits per heavy atom. The molecule has 2 aromatic rings. The quantitative estimate of drug-likeness (QED) is 0.749. The Morgan fingerprint density at radius 3 is 2.40 bits per heavy atom. The number of hydrogen-bond donors (Lipinski definition) is 0. The molecule has 0 aliphatic carbocycles. The summed E-state index contributed by atoms with van der Waals surface area (Å²) in [4.78, 5) is 15.4. The highest BCUT2D eigenvalue weighted by molar-refractivity contribution is 7.89. The molecule has 7 heteroatoms. The van der Waals surface area contributed by atoms with Gasteiger partial charge < -0.3 is 9.64 Å².